The Kier molecular flexibility index (Phi) is 4.44. The van der Waals surface area contributed by atoms with Gasteiger partial charge >= 0.3 is 12.0 Å². The minimum Gasteiger partial charge on any atom is -0.481 e. The second-order valence-electron chi connectivity index (χ2n) is 4.76. The molecule has 2 amide bonds. The highest BCUT2D eigenvalue weighted by atomic mass is 35.5. The summed E-state index contributed by atoms with van der Waals surface area (Å²) in [5.41, 5.74) is -0.00299. The SMILES string of the molecule is O=C(O)CC(NC(=O)Nc1ccc(Cl)cc1F)C1CC1. The van der Waals surface area contributed by atoms with Crippen molar-refractivity contribution in [2.24, 2.45) is 5.92 Å². The summed E-state index contributed by atoms with van der Waals surface area (Å²) in [5, 5.41) is 13.9. The molecular weight excluding hydrogens is 287 g/mol. The fourth-order valence-corrected chi connectivity index (χ4v) is 2.10. The summed E-state index contributed by atoms with van der Waals surface area (Å²) >= 11 is 5.61. The van der Waals surface area contributed by atoms with Crippen molar-refractivity contribution in [1.29, 1.82) is 0 Å². The van der Waals surface area contributed by atoms with E-state index in [4.69, 9.17) is 16.7 Å². The van der Waals surface area contributed by atoms with E-state index in [1.807, 2.05) is 0 Å². The van der Waals surface area contributed by atoms with Crippen molar-refractivity contribution < 1.29 is 19.1 Å². The molecule has 1 aliphatic rings. The monoisotopic (exact) mass is 300 g/mol. The number of benzene rings is 1. The zero-order valence-electron chi connectivity index (χ0n) is 10.5. The summed E-state index contributed by atoms with van der Waals surface area (Å²) < 4.78 is 13.5. The first-order chi connectivity index (χ1) is 9.45. The number of rotatable bonds is 5. The Labute approximate surface area is 120 Å². The van der Waals surface area contributed by atoms with E-state index in [0.717, 1.165) is 18.9 Å². The number of hydrogen-bond acceptors (Lipinski definition) is 2. The van der Waals surface area contributed by atoms with E-state index >= 15 is 0 Å². The van der Waals surface area contributed by atoms with Crippen LogP contribution in [0.25, 0.3) is 0 Å². The van der Waals surface area contributed by atoms with Gasteiger partial charge in [0.2, 0.25) is 0 Å². The zero-order chi connectivity index (χ0) is 14.7. The Balaban J connectivity index is 1.95. The van der Waals surface area contributed by atoms with Crippen LogP contribution >= 0.6 is 11.6 Å². The Bertz CT molecular complexity index is 534. The summed E-state index contributed by atoms with van der Waals surface area (Å²) in [6, 6.07) is 2.84. The van der Waals surface area contributed by atoms with Gasteiger partial charge in [0.15, 0.2) is 0 Å². The molecule has 5 nitrogen and oxygen atoms in total. The van der Waals surface area contributed by atoms with E-state index in [1.165, 1.54) is 12.1 Å². The van der Waals surface area contributed by atoms with E-state index in [9.17, 15) is 14.0 Å². The van der Waals surface area contributed by atoms with Gasteiger partial charge in [-0.1, -0.05) is 11.6 Å². The third-order valence-electron chi connectivity index (χ3n) is 3.08. The van der Waals surface area contributed by atoms with E-state index in [1.54, 1.807) is 0 Å². The number of hydrogen-bond donors (Lipinski definition) is 3. The molecule has 1 atom stereocenters. The number of halogens is 2. The third-order valence-corrected chi connectivity index (χ3v) is 3.32. The highest BCUT2D eigenvalue weighted by molar-refractivity contribution is 6.30. The molecule has 0 spiro atoms. The van der Waals surface area contributed by atoms with Crippen LogP contribution in [0.5, 0.6) is 0 Å². The summed E-state index contributed by atoms with van der Waals surface area (Å²) in [5.74, 6) is -1.43. The number of carbonyl (C=O) groups is 2. The molecule has 1 aromatic carbocycles. The fourth-order valence-electron chi connectivity index (χ4n) is 1.94. The first-order valence-corrected chi connectivity index (χ1v) is 6.58. The lowest BCUT2D eigenvalue weighted by Crippen LogP contribution is -2.40. The van der Waals surface area contributed by atoms with Gasteiger partial charge < -0.3 is 15.7 Å². The smallest absolute Gasteiger partial charge is 0.319 e. The van der Waals surface area contributed by atoms with Gasteiger partial charge in [-0.05, 0) is 37.0 Å². The van der Waals surface area contributed by atoms with Gasteiger partial charge in [-0.2, -0.15) is 0 Å². The zero-order valence-corrected chi connectivity index (χ0v) is 11.3. The Morgan fingerprint density at radius 2 is 2.15 bits per heavy atom. The standard InChI is InChI=1S/C13H14ClFN2O3/c14-8-3-4-10(9(15)5-8)16-13(20)17-11(6-12(18)19)7-1-2-7/h3-5,7,11H,1-2,6H2,(H,18,19)(H2,16,17,20). The van der Waals surface area contributed by atoms with Crippen LogP contribution in [0.1, 0.15) is 19.3 Å². The minimum atomic E-state index is -0.972. The predicted octanol–water partition coefficient (Wildman–Crippen LogP) is 2.85. The van der Waals surface area contributed by atoms with Gasteiger partial charge in [-0.3, -0.25) is 4.79 Å². The number of anilines is 1. The van der Waals surface area contributed by atoms with Gasteiger partial charge in [0, 0.05) is 11.1 Å². The lowest BCUT2D eigenvalue weighted by atomic mass is 10.1. The maximum absolute atomic E-state index is 13.5. The average Bonchev–Trinajstić information content (AvgIpc) is 3.15. The molecule has 7 heteroatoms. The average molecular weight is 301 g/mol. The predicted molar refractivity (Wildman–Crippen MR) is 72.3 cm³/mol. The number of carboxylic acid groups (broad SMARTS) is 1. The molecule has 0 aromatic heterocycles. The van der Waals surface area contributed by atoms with Crippen molar-refractivity contribution in [2.45, 2.75) is 25.3 Å². The van der Waals surface area contributed by atoms with E-state index in [2.05, 4.69) is 10.6 Å². The second-order valence-corrected chi connectivity index (χ2v) is 5.20. The molecular formula is C13H14ClFN2O3. The van der Waals surface area contributed by atoms with Crippen molar-refractivity contribution in [2.75, 3.05) is 5.32 Å². The minimum absolute atomic E-state index is 0.00299. The Morgan fingerprint density at radius 1 is 1.45 bits per heavy atom. The molecule has 108 valence electrons. The van der Waals surface area contributed by atoms with Crippen LogP contribution in [-0.2, 0) is 4.79 Å². The number of nitrogens with one attached hydrogen (secondary N) is 2. The molecule has 0 saturated heterocycles. The topological polar surface area (TPSA) is 78.4 Å². The second kappa shape index (κ2) is 6.09. The maximum atomic E-state index is 13.5. The molecule has 1 aromatic rings. The van der Waals surface area contributed by atoms with Gasteiger partial charge in [-0.15, -0.1) is 0 Å². The molecule has 1 aliphatic carbocycles. The highest BCUT2D eigenvalue weighted by Gasteiger charge is 2.33. The Hall–Kier alpha value is -1.82. The van der Waals surface area contributed by atoms with Crippen molar-refractivity contribution in [3.63, 3.8) is 0 Å². The van der Waals surface area contributed by atoms with Gasteiger partial charge in [0.05, 0.1) is 12.1 Å². The summed E-state index contributed by atoms with van der Waals surface area (Å²) in [4.78, 5) is 22.5. The van der Waals surface area contributed by atoms with Crippen LogP contribution in [0.2, 0.25) is 5.02 Å². The van der Waals surface area contributed by atoms with Gasteiger partial charge in [-0.25, -0.2) is 9.18 Å². The summed E-state index contributed by atoms with van der Waals surface area (Å²) in [6.07, 6.45) is 1.66. The molecule has 0 bridgehead atoms. The molecule has 2 rings (SSSR count). The summed E-state index contributed by atoms with van der Waals surface area (Å²) in [7, 11) is 0. The van der Waals surface area contributed by atoms with Crippen LogP contribution in [0.15, 0.2) is 18.2 Å². The normalized spacial score (nSPS) is 15.5. The molecule has 20 heavy (non-hydrogen) atoms. The lowest BCUT2D eigenvalue weighted by molar-refractivity contribution is -0.137. The number of urea groups is 1. The van der Waals surface area contributed by atoms with Crippen LogP contribution in [-0.4, -0.2) is 23.1 Å². The molecule has 1 unspecified atom stereocenters. The fraction of sp³-hybridized carbons (Fsp3) is 0.385. The van der Waals surface area contributed by atoms with E-state index < -0.39 is 23.9 Å². The first kappa shape index (κ1) is 14.6. The maximum Gasteiger partial charge on any atom is 0.319 e. The van der Waals surface area contributed by atoms with E-state index in [0.29, 0.717) is 0 Å². The third kappa shape index (κ3) is 4.09. The van der Waals surface area contributed by atoms with Crippen molar-refractivity contribution in [3.05, 3.63) is 29.0 Å². The number of aliphatic carboxylic acids is 1. The number of carboxylic acids is 1. The van der Waals surface area contributed by atoms with Crippen LogP contribution < -0.4 is 10.6 Å². The van der Waals surface area contributed by atoms with Crippen molar-refractivity contribution >= 4 is 29.3 Å². The molecule has 0 heterocycles. The molecule has 0 radical (unpaired) electrons. The molecule has 1 fully saturated rings. The highest BCUT2D eigenvalue weighted by Crippen LogP contribution is 2.34. The van der Waals surface area contributed by atoms with Crippen LogP contribution in [0.3, 0.4) is 0 Å². The number of amides is 2. The molecule has 3 N–H and O–H groups in total. The lowest BCUT2D eigenvalue weighted by Gasteiger charge is -2.17. The van der Waals surface area contributed by atoms with Crippen molar-refractivity contribution in [3.8, 4) is 0 Å². The summed E-state index contributed by atoms with van der Waals surface area (Å²) in [6.45, 7) is 0. The Morgan fingerprint density at radius 3 is 2.70 bits per heavy atom. The quantitative estimate of drug-likeness (QED) is 0.782. The molecule has 0 aliphatic heterocycles. The van der Waals surface area contributed by atoms with E-state index in [-0.39, 0.29) is 23.0 Å². The van der Waals surface area contributed by atoms with Gasteiger partial charge in [0.1, 0.15) is 5.82 Å². The molecule has 1 saturated carbocycles. The first-order valence-electron chi connectivity index (χ1n) is 6.20. The van der Waals surface area contributed by atoms with Crippen LogP contribution in [0.4, 0.5) is 14.9 Å². The van der Waals surface area contributed by atoms with Crippen molar-refractivity contribution in [1.82, 2.24) is 5.32 Å². The van der Waals surface area contributed by atoms with Crippen LogP contribution in [0, 0.1) is 11.7 Å². The largest absolute Gasteiger partial charge is 0.481 e. The van der Waals surface area contributed by atoms with Gasteiger partial charge in [0.25, 0.3) is 0 Å². The number of carbonyl (C=O) groups excluding carboxylic acids is 1.